The Bertz CT molecular complexity index is 786. The highest BCUT2D eigenvalue weighted by Gasteiger charge is 2.14. The van der Waals surface area contributed by atoms with E-state index in [1.54, 1.807) is 18.2 Å². The third-order valence-corrected chi connectivity index (χ3v) is 3.12. The van der Waals surface area contributed by atoms with Crippen molar-refractivity contribution in [2.75, 3.05) is 11.1 Å². The lowest BCUT2D eigenvalue weighted by Crippen LogP contribution is -2.14. The van der Waals surface area contributed by atoms with Crippen LogP contribution in [0.1, 0.15) is 10.5 Å². The molecule has 100 valence electrons. The van der Waals surface area contributed by atoms with Gasteiger partial charge >= 0.3 is 0 Å². The molecule has 6 nitrogen and oxygen atoms in total. The van der Waals surface area contributed by atoms with Crippen LogP contribution in [-0.2, 0) is 0 Å². The fourth-order valence-corrected chi connectivity index (χ4v) is 2.11. The van der Waals surface area contributed by atoms with Gasteiger partial charge in [-0.05, 0) is 12.1 Å². The molecular weight excluding hydrogens is 280 g/mol. The minimum atomic E-state index is -0.432. The zero-order valence-corrected chi connectivity index (χ0v) is 10.9. The molecule has 0 saturated carbocycles. The van der Waals surface area contributed by atoms with Gasteiger partial charge in [0.15, 0.2) is 5.69 Å². The van der Waals surface area contributed by atoms with E-state index in [-0.39, 0.29) is 5.69 Å². The highest BCUT2D eigenvalue weighted by Crippen LogP contribution is 2.32. The molecule has 20 heavy (non-hydrogen) atoms. The fraction of sp³-hybridized carbons (Fsp3) is 0. The highest BCUT2D eigenvalue weighted by atomic mass is 35.5. The van der Waals surface area contributed by atoms with Gasteiger partial charge < -0.3 is 15.6 Å². The van der Waals surface area contributed by atoms with Crippen LogP contribution in [-0.4, -0.2) is 16.0 Å². The summed E-state index contributed by atoms with van der Waals surface area (Å²) in [5, 5.41) is 7.25. The average molecular weight is 289 g/mol. The molecule has 0 bridgehead atoms. The maximum atomic E-state index is 11.9. The van der Waals surface area contributed by atoms with E-state index in [4.69, 9.17) is 17.3 Å². The monoisotopic (exact) mass is 288 g/mol. The molecule has 0 aliphatic carbocycles. The Kier molecular flexibility index (Phi) is 3.00. The first-order valence-corrected chi connectivity index (χ1v) is 6.09. The normalized spacial score (nSPS) is 10.7. The van der Waals surface area contributed by atoms with Crippen LogP contribution in [0.15, 0.2) is 41.2 Å². The molecule has 0 aliphatic heterocycles. The van der Waals surface area contributed by atoms with Crippen LogP contribution in [0.3, 0.4) is 0 Å². The van der Waals surface area contributed by atoms with Crippen LogP contribution in [0.2, 0.25) is 5.02 Å². The summed E-state index contributed by atoms with van der Waals surface area (Å²) in [5.41, 5.74) is 7.59. The molecule has 3 rings (SSSR count). The lowest BCUT2D eigenvalue weighted by atomic mass is 10.1. The van der Waals surface area contributed by atoms with Crippen LogP contribution < -0.4 is 11.1 Å². The van der Waals surface area contributed by atoms with Crippen molar-refractivity contribution in [1.82, 2.24) is 10.1 Å². The molecule has 0 saturated heterocycles. The van der Waals surface area contributed by atoms with Crippen LogP contribution >= 0.6 is 11.6 Å². The van der Waals surface area contributed by atoms with Crippen molar-refractivity contribution in [2.24, 2.45) is 0 Å². The van der Waals surface area contributed by atoms with E-state index >= 15 is 0 Å². The smallest absolute Gasteiger partial charge is 0.277 e. The van der Waals surface area contributed by atoms with Crippen molar-refractivity contribution in [3.05, 3.63) is 47.4 Å². The summed E-state index contributed by atoms with van der Waals surface area (Å²) >= 11 is 6.11. The van der Waals surface area contributed by atoms with Gasteiger partial charge in [-0.1, -0.05) is 22.8 Å². The third-order valence-electron chi connectivity index (χ3n) is 2.80. The largest absolute Gasteiger partial charge is 0.396 e. The van der Waals surface area contributed by atoms with Crippen molar-refractivity contribution in [3.63, 3.8) is 0 Å². The maximum Gasteiger partial charge on any atom is 0.277 e. The fourth-order valence-electron chi connectivity index (χ4n) is 1.84. The first-order valence-electron chi connectivity index (χ1n) is 5.71. The first kappa shape index (κ1) is 12.4. The number of carbonyl (C=O) groups excluding carboxylic acids is 1. The molecule has 0 radical (unpaired) electrons. The number of halogens is 1. The van der Waals surface area contributed by atoms with Crippen LogP contribution in [0, 0.1) is 0 Å². The molecule has 7 heteroatoms. The Labute approximate surface area is 118 Å². The summed E-state index contributed by atoms with van der Waals surface area (Å²) in [6.45, 7) is 0. The number of aromatic nitrogens is 2. The number of amides is 1. The predicted molar refractivity (Wildman–Crippen MR) is 75.6 cm³/mol. The van der Waals surface area contributed by atoms with Gasteiger partial charge in [-0.15, -0.1) is 0 Å². The van der Waals surface area contributed by atoms with E-state index in [9.17, 15) is 4.79 Å². The van der Waals surface area contributed by atoms with Crippen molar-refractivity contribution in [3.8, 4) is 0 Å². The van der Waals surface area contributed by atoms with Crippen LogP contribution in [0.25, 0.3) is 10.9 Å². The summed E-state index contributed by atoms with van der Waals surface area (Å²) in [5.74, 6) is -0.432. The molecule has 2 aromatic heterocycles. The first-order chi connectivity index (χ1) is 9.66. The molecule has 0 spiro atoms. The maximum absolute atomic E-state index is 11.9. The zero-order chi connectivity index (χ0) is 14.1. The van der Waals surface area contributed by atoms with E-state index < -0.39 is 5.91 Å². The van der Waals surface area contributed by atoms with Gasteiger partial charge in [-0.25, -0.2) is 0 Å². The Morgan fingerprint density at radius 2 is 2.20 bits per heavy atom. The van der Waals surface area contributed by atoms with E-state index in [0.717, 1.165) is 0 Å². The number of carbonyl (C=O) groups is 1. The highest BCUT2D eigenvalue weighted by molar-refractivity contribution is 6.36. The van der Waals surface area contributed by atoms with Gasteiger partial charge in [0.25, 0.3) is 5.91 Å². The van der Waals surface area contributed by atoms with E-state index in [2.05, 4.69) is 20.0 Å². The molecule has 0 atom stereocenters. The summed E-state index contributed by atoms with van der Waals surface area (Å²) in [4.78, 5) is 16.1. The number of nitrogens with two attached hydrogens (primary N) is 1. The van der Waals surface area contributed by atoms with Crippen molar-refractivity contribution >= 4 is 39.8 Å². The lowest BCUT2D eigenvalue weighted by molar-refractivity contribution is 0.101. The summed E-state index contributed by atoms with van der Waals surface area (Å²) in [6, 6.07) is 6.74. The van der Waals surface area contributed by atoms with Gasteiger partial charge in [0, 0.05) is 11.5 Å². The van der Waals surface area contributed by atoms with Gasteiger partial charge in [0.05, 0.1) is 28.1 Å². The average Bonchev–Trinajstić information content (AvgIpc) is 2.96. The number of nitrogens with zero attached hydrogens (tertiary/aromatic N) is 2. The van der Waals surface area contributed by atoms with Crippen LogP contribution in [0.5, 0.6) is 0 Å². The lowest BCUT2D eigenvalue weighted by Gasteiger charge is -2.10. The number of hydrogen-bond donors (Lipinski definition) is 2. The van der Waals surface area contributed by atoms with Crippen molar-refractivity contribution in [2.45, 2.75) is 0 Å². The topological polar surface area (TPSA) is 94.0 Å². The SMILES string of the molecule is Nc1c(NC(=O)c2ccon2)cnc2cccc(Cl)c12. The molecule has 2 heterocycles. The second-order valence-corrected chi connectivity index (χ2v) is 4.47. The number of fused-ring (bicyclic) bond motifs is 1. The predicted octanol–water partition coefficient (Wildman–Crippen LogP) is 2.71. The minimum Gasteiger partial charge on any atom is -0.396 e. The second-order valence-electron chi connectivity index (χ2n) is 4.06. The Balaban J connectivity index is 2.03. The Morgan fingerprint density at radius 1 is 1.35 bits per heavy atom. The number of hydrogen-bond acceptors (Lipinski definition) is 5. The number of anilines is 2. The van der Waals surface area contributed by atoms with E-state index in [0.29, 0.717) is 27.3 Å². The summed E-state index contributed by atoms with van der Waals surface area (Å²) in [6.07, 6.45) is 2.79. The van der Waals surface area contributed by atoms with Crippen LogP contribution in [0.4, 0.5) is 11.4 Å². The Hall–Kier alpha value is -2.60. The number of nitrogen functional groups attached to an aromatic ring is 1. The van der Waals surface area contributed by atoms with Gasteiger partial charge in [0.2, 0.25) is 0 Å². The molecule has 0 fully saturated rings. The quantitative estimate of drug-likeness (QED) is 0.756. The third kappa shape index (κ3) is 2.06. The van der Waals surface area contributed by atoms with E-state index in [1.165, 1.54) is 18.5 Å². The van der Waals surface area contributed by atoms with Crippen molar-refractivity contribution in [1.29, 1.82) is 0 Å². The number of benzene rings is 1. The number of nitrogens with one attached hydrogen (secondary N) is 1. The molecule has 3 aromatic rings. The standard InChI is InChI=1S/C13H9ClN4O2/c14-7-2-1-3-8-11(7)12(15)10(6-16-8)17-13(19)9-4-5-20-18-9/h1-6H,(H2,15,16)(H,17,19). The minimum absolute atomic E-state index is 0.156. The number of pyridine rings is 1. The molecule has 1 amide bonds. The molecule has 1 aromatic carbocycles. The zero-order valence-electron chi connectivity index (χ0n) is 10.1. The molecular formula is C13H9ClN4O2. The molecule has 3 N–H and O–H groups in total. The van der Waals surface area contributed by atoms with Gasteiger partial charge in [-0.2, -0.15) is 0 Å². The van der Waals surface area contributed by atoms with Gasteiger partial charge in [-0.3, -0.25) is 9.78 Å². The second kappa shape index (κ2) is 4.82. The van der Waals surface area contributed by atoms with Gasteiger partial charge in [0.1, 0.15) is 6.26 Å². The molecule has 0 aliphatic rings. The summed E-state index contributed by atoms with van der Waals surface area (Å²) < 4.78 is 4.61. The molecule has 0 unspecified atom stereocenters. The number of rotatable bonds is 2. The Morgan fingerprint density at radius 3 is 2.95 bits per heavy atom. The summed E-state index contributed by atoms with van der Waals surface area (Å²) in [7, 11) is 0. The van der Waals surface area contributed by atoms with Crippen molar-refractivity contribution < 1.29 is 9.32 Å². The van der Waals surface area contributed by atoms with E-state index in [1.807, 2.05) is 0 Å².